The number of benzene rings is 6. The van der Waals surface area contributed by atoms with Crippen molar-refractivity contribution in [2.45, 2.75) is 110 Å². The van der Waals surface area contributed by atoms with Crippen LogP contribution in [-0.4, -0.2) is 190 Å². The van der Waals surface area contributed by atoms with Crippen molar-refractivity contribution < 1.29 is 95.1 Å². The standard InChI is InChI=1S/C17H20N2O3.C16H17N3O3.C16H18N2O3.C16H20N2O3.C15H16F2N2O3.C15H18N2O3/c20-15(17(22)18-9-12-6-7-12)14-10-19-16(21)13(14)8-11-4-2-1-3-5-11;17-7-4-8-18-16(22)14(20)13-10-19-15(21)12(13)9-11-5-2-1-3-6-11;19-14(16(21)18-11-6-7-11)13-9-17-15(20)12(13)8-10-4-2-1-3-5-10;1-10(2)18-16(21)14(19)13-9-17-15(20)12(13)8-11-6-4-3-5-7-11;16-12(17)8-19-15(22)13(20)11-7-18-14(21)10(11)6-9-4-2-1-3-5-9;1-2-16-15(20)13(18)12-9-17-14(19)11(12)8-10-6-4-3-5-7-10/h1-5,12-14H,6-10H2,(H,18,22)(H,19,21);1-3,5-6,12-13H,4,8-10H2,(H,18,22)(H,19,21);1-5,11-13H,6-9H2,(H,17,20)(H,18,21);3-7,10,12-13H,8-9H2,1-2H3,(H,17,20)(H,18,21);1-5,10-12H,6-8H2,(H,18,21)(H,19,22);3-7,11-12H,2,8-9H2,1H3,(H,16,20)(H,17,19)/t13-,14+;3*12-,13+;10-,11+;11-,12+/m111111/s1. The Bertz CT molecular complexity index is 4780. The molecule has 8 aliphatic rings. The molecule has 12 amide bonds. The number of hydrogen-bond donors (Lipinski definition) is 12. The summed E-state index contributed by atoms with van der Waals surface area (Å²) >= 11 is 0. The van der Waals surface area contributed by atoms with E-state index in [1.165, 1.54) is 0 Å². The number of nitrogens with zero attached hydrogens (tertiary/aromatic N) is 1. The number of Topliss-reactive ketones (excluding diaryl/α,β-unsaturated/α-hetero) is 6. The fourth-order valence-electron chi connectivity index (χ4n) is 15.6. The van der Waals surface area contributed by atoms with E-state index in [9.17, 15) is 95.1 Å². The third-order valence-electron chi connectivity index (χ3n) is 22.9. The zero-order chi connectivity index (χ0) is 92.3. The molecule has 33 heteroatoms. The Labute approximate surface area is 739 Å². The quantitative estimate of drug-likeness (QED) is 0.0208. The van der Waals surface area contributed by atoms with E-state index in [2.05, 4.69) is 58.5 Å². The summed E-state index contributed by atoms with van der Waals surface area (Å²) < 4.78 is 24.1. The number of halogens is 2. The Morgan fingerprint density at radius 2 is 0.602 bits per heavy atom. The SMILES string of the molecule is CC(C)NC(=O)C(=O)[C@H]1CNC(=O)[C@@H]1Cc1ccccc1.CCNC(=O)C(=O)[C@H]1CNC(=O)[C@@H]1Cc1ccccc1.N#CCCNC(=O)C(=O)[C@H]1CNC(=O)[C@@H]1Cc1ccccc1.O=C(NC1CC1)C(=O)[C@H]1CNC(=O)[C@@H]1Cc1ccccc1.O=C(NCC(F)F)C(=O)[C@H]1CNC(=O)[C@@H]1Cc1ccccc1.O=C(NCC1CC1)C(=O)[C@H]1CNC(=O)[C@@H]1Cc1ccccc1. The molecule has 6 aromatic carbocycles. The molecular weight excluding hydrogens is 1650 g/mol. The first-order chi connectivity index (χ1) is 61.5. The van der Waals surface area contributed by atoms with Crippen LogP contribution in [0.15, 0.2) is 182 Å². The van der Waals surface area contributed by atoms with Gasteiger partial charge in [0.05, 0.1) is 90.0 Å². The molecule has 2 saturated carbocycles. The fraction of sp³-hybridized carbons (Fsp3) is 0.421. The first-order valence-electron chi connectivity index (χ1n) is 43.1. The minimum atomic E-state index is -2.72. The van der Waals surface area contributed by atoms with Crippen molar-refractivity contribution in [1.82, 2.24) is 63.8 Å². The summed E-state index contributed by atoms with van der Waals surface area (Å²) in [5.74, 6) is -14.9. The Balaban J connectivity index is 0.000000173. The van der Waals surface area contributed by atoms with Gasteiger partial charge in [-0.05, 0) is 124 Å². The number of carbonyl (C=O) groups is 18. The zero-order valence-corrected chi connectivity index (χ0v) is 71.5. The average Bonchev–Trinajstić information content (AvgIpc) is 1.71. The summed E-state index contributed by atoms with van der Waals surface area (Å²) in [6.45, 7) is 6.81. The number of rotatable bonds is 33. The first-order valence-corrected chi connectivity index (χ1v) is 43.1. The van der Waals surface area contributed by atoms with Crippen LogP contribution in [0.2, 0.25) is 0 Å². The van der Waals surface area contributed by atoms with Gasteiger partial charge in [-0.2, -0.15) is 5.26 Å². The van der Waals surface area contributed by atoms with Gasteiger partial charge in [0.25, 0.3) is 41.9 Å². The lowest BCUT2D eigenvalue weighted by Gasteiger charge is -2.16. The van der Waals surface area contributed by atoms with E-state index >= 15 is 0 Å². The van der Waals surface area contributed by atoms with Crippen molar-refractivity contribution in [2.24, 2.45) is 76.9 Å². The highest BCUT2D eigenvalue weighted by Crippen LogP contribution is 2.32. The van der Waals surface area contributed by atoms with Gasteiger partial charge >= 0.3 is 0 Å². The molecule has 0 spiro atoms. The van der Waals surface area contributed by atoms with E-state index in [4.69, 9.17) is 5.26 Å². The molecule has 676 valence electrons. The molecule has 0 bridgehead atoms. The minimum absolute atomic E-state index is 0.0528. The van der Waals surface area contributed by atoms with Crippen molar-refractivity contribution >= 4 is 106 Å². The maximum absolute atomic E-state index is 12.3. The lowest BCUT2D eigenvalue weighted by Crippen LogP contribution is -2.41. The molecule has 31 nitrogen and oxygen atoms in total. The highest BCUT2D eigenvalue weighted by atomic mass is 19.3. The van der Waals surface area contributed by atoms with Crippen molar-refractivity contribution in [3.05, 3.63) is 215 Å². The highest BCUT2D eigenvalue weighted by molar-refractivity contribution is 6.40. The van der Waals surface area contributed by atoms with Crippen molar-refractivity contribution in [3.63, 3.8) is 0 Å². The highest BCUT2D eigenvalue weighted by Gasteiger charge is 2.48. The number of nitrogens with one attached hydrogen (secondary N) is 12. The summed E-state index contributed by atoms with van der Waals surface area (Å²) in [5.41, 5.74) is 5.80. The van der Waals surface area contributed by atoms with Crippen LogP contribution in [0, 0.1) is 88.3 Å². The second-order valence-electron chi connectivity index (χ2n) is 32.7. The first kappa shape index (κ1) is 98.1. The molecule has 0 aromatic heterocycles. The summed E-state index contributed by atoms with van der Waals surface area (Å²) in [7, 11) is 0. The zero-order valence-electron chi connectivity index (χ0n) is 71.5. The van der Waals surface area contributed by atoms with Crippen LogP contribution >= 0.6 is 0 Å². The van der Waals surface area contributed by atoms with Crippen LogP contribution in [0.25, 0.3) is 0 Å². The topological polar surface area (TPSA) is 475 Å². The molecular formula is C95H109F2N13O18. The molecule has 14 rings (SSSR count). The molecule has 6 heterocycles. The molecule has 6 aromatic rings. The van der Waals surface area contributed by atoms with Gasteiger partial charge in [0, 0.05) is 71.0 Å². The fourth-order valence-corrected chi connectivity index (χ4v) is 15.6. The molecule has 6 aliphatic heterocycles. The summed E-state index contributed by atoms with van der Waals surface area (Å²) in [6.07, 6.45) is 4.21. The normalized spacial score (nSPS) is 22.0. The van der Waals surface area contributed by atoms with E-state index in [1.807, 2.05) is 193 Å². The molecule has 12 N–H and O–H groups in total. The summed E-state index contributed by atoms with van der Waals surface area (Å²) in [5, 5.41) is 39.2. The van der Waals surface area contributed by atoms with Crippen molar-refractivity contribution in [2.75, 3.05) is 65.4 Å². The largest absolute Gasteiger partial charge is 0.355 e. The third kappa shape index (κ3) is 29.7. The maximum Gasteiger partial charge on any atom is 0.287 e. The minimum Gasteiger partial charge on any atom is -0.355 e. The number of nitriles is 1. The number of carbonyl (C=O) groups excluding carboxylic acids is 18. The molecule has 0 radical (unpaired) electrons. The summed E-state index contributed by atoms with van der Waals surface area (Å²) in [6, 6.07) is 58.6. The van der Waals surface area contributed by atoms with Crippen LogP contribution in [0.1, 0.15) is 86.3 Å². The Morgan fingerprint density at radius 3 is 0.844 bits per heavy atom. The molecule has 2 aliphatic carbocycles. The lowest BCUT2D eigenvalue weighted by atomic mass is 9.86. The number of likely N-dealkylation sites (N-methyl/N-ethyl adjacent to an activating group) is 1. The molecule has 128 heavy (non-hydrogen) atoms. The smallest absolute Gasteiger partial charge is 0.287 e. The van der Waals surface area contributed by atoms with Gasteiger partial charge in [-0.3, -0.25) is 86.3 Å². The van der Waals surface area contributed by atoms with Crippen LogP contribution in [0.4, 0.5) is 8.78 Å². The van der Waals surface area contributed by atoms with E-state index < -0.39 is 154 Å². The van der Waals surface area contributed by atoms with Crippen LogP contribution in [-0.2, 0) is 125 Å². The average molecular weight is 1760 g/mol. The van der Waals surface area contributed by atoms with E-state index in [0.29, 0.717) is 57.5 Å². The lowest BCUT2D eigenvalue weighted by molar-refractivity contribution is -0.141. The number of alkyl halides is 2. The number of ketones is 6. The van der Waals surface area contributed by atoms with E-state index in [1.54, 1.807) is 20.8 Å². The second-order valence-corrected chi connectivity index (χ2v) is 32.7. The van der Waals surface area contributed by atoms with Crippen LogP contribution in [0.5, 0.6) is 0 Å². The number of hydrogen-bond acceptors (Lipinski definition) is 19. The third-order valence-corrected chi connectivity index (χ3v) is 22.9. The van der Waals surface area contributed by atoms with Crippen molar-refractivity contribution in [3.8, 4) is 6.07 Å². The van der Waals surface area contributed by atoms with Gasteiger partial charge in [-0.15, -0.1) is 0 Å². The van der Waals surface area contributed by atoms with Gasteiger partial charge < -0.3 is 63.8 Å². The van der Waals surface area contributed by atoms with E-state index in [-0.39, 0.29) is 99.8 Å². The van der Waals surface area contributed by atoms with Crippen LogP contribution < -0.4 is 63.8 Å². The van der Waals surface area contributed by atoms with Gasteiger partial charge in [0.1, 0.15) is 0 Å². The molecule has 0 unspecified atom stereocenters. The van der Waals surface area contributed by atoms with Gasteiger partial charge in [0.2, 0.25) is 70.1 Å². The Hall–Kier alpha value is -13.7. The molecule has 12 atom stereocenters. The monoisotopic (exact) mass is 1760 g/mol. The van der Waals surface area contributed by atoms with Gasteiger partial charge in [-0.25, -0.2) is 8.78 Å². The second kappa shape index (κ2) is 49.3. The Morgan fingerprint density at radius 1 is 0.352 bits per heavy atom. The maximum atomic E-state index is 12.3. The Kier molecular flexibility index (Phi) is 37.8. The molecule has 6 saturated heterocycles. The molecule has 8 fully saturated rings. The number of amides is 12. The summed E-state index contributed by atoms with van der Waals surface area (Å²) in [4.78, 5) is 215. The van der Waals surface area contributed by atoms with Crippen LogP contribution in [0.3, 0.4) is 0 Å². The van der Waals surface area contributed by atoms with Gasteiger partial charge in [-0.1, -0.05) is 182 Å². The van der Waals surface area contributed by atoms with E-state index in [0.717, 1.165) is 59.1 Å². The predicted molar refractivity (Wildman–Crippen MR) is 462 cm³/mol. The van der Waals surface area contributed by atoms with Gasteiger partial charge in [0.15, 0.2) is 0 Å². The van der Waals surface area contributed by atoms with Crippen molar-refractivity contribution in [1.29, 1.82) is 5.26 Å². The predicted octanol–water partition coefficient (Wildman–Crippen LogP) is 2.84.